The van der Waals surface area contributed by atoms with Gasteiger partial charge in [-0.05, 0) is 33.3 Å². The number of benzene rings is 1. The van der Waals surface area contributed by atoms with Crippen LogP contribution in [0.15, 0.2) is 30.3 Å². The van der Waals surface area contributed by atoms with E-state index in [1.807, 2.05) is 37.3 Å². The van der Waals surface area contributed by atoms with Gasteiger partial charge in [-0.2, -0.15) is 0 Å². The maximum absolute atomic E-state index is 11.4. The van der Waals surface area contributed by atoms with E-state index in [4.69, 9.17) is 14.2 Å². The summed E-state index contributed by atoms with van der Waals surface area (Å²) in [6.45, 7) is 7.96. The van der Waals surface area contributed by atoms with E-state index in [1.54, 1.807) is 20.8 Å². The topological polar surface area (TPSA) is 44.8 Å². The summed E-state index contributed by atoms with van der Waals surface area (Å²) in [5, 5.41) is 0. The van der Waals surface area contributed by atoms with Crippen molar-refractivity contribution in [2.45, 2.75) is 51.3 Å². The number of rotatable bonds is 5. The van der Waals surface area contributed by atoms with Crippen LogP contribution in [0.3, 0.4) is 0 Å². The highest BCUT2D eigenvalue weighted by molar-refractivity contribution is 5.65. The number of ether oxygens (including phenoxy) is 3. The molecule has 1 aliphatic rings. The van der Waals surface area contributed by atoms with Gasteiger partial charge in [-0.15, -0.1) is 0 Å². The Hall–Kier alpha value is -1.23. The van der Waals surface area contributed by atoms with Crippen LogP contribution in [0.1, 0.15) is 33.3 Å². The van der Waals surface area contributed by atoms with Gasteiger partial charge >= 0.3 is 0 Å². The first-order chi connectivity index (χ1) is 9.30. The molecular weight excluding hydrogens is 256 g/mol. The molecule has 2 rings (SSSR count). The van der Waals surface area contributed by atoms with Crippen LogP contribution in [0, 0.1) is 0 Å². The van der Waals surface area contributed by atoms with Crippen molar-refractivity contribution < 1.29 is 19.0 Å². The minimum absolute atomic E-state index is 0.292. The molecule has 0 amide bonds. The lowest BCUT2D eigenvalue weighted by atomic mass is 9.88. The normalized spacial score (nSPS) is 32.2. The maximum atomic E-state index is 11.4. The summed E-state index contributed by atoms with van der Waals surface area (Å²) in [5.41, 5.74) is -0.720. The van der Waals surface area contributed by atoms with Crippen molar-refractivity contribution >= 4 is 6.29 Å². The largest absolute Gasteiger partial charge is 0.374 e. The van der Waals surface area contributed by atoms with Gasteiger partial charge in [-0.1, -0.05) is 30.3 Å². The Morgan fingerprint density at radius 2 is 1.75 bits per heavy atom. The third-order valence-corrected chi connectivity index (χ3v) is 3.69. The van der Waals surface area contributed by atoms with Gasteiger partial charge in [0, 0.05) is 0 Å². The van der Waals surface area contributed by atoms with Crippen LogP contribution in [-0.2, 0) is 25.6 Å². The Balaban J connectivity index is 2.01. The molecule has 1 aromatic rings. The average molecular weight is 278 g/mol. The van der Waals surface area contributed by atoms with Gasteiger partial charge in [0.2, 0.25) is 0 Å². The molecule has 1 aromatic carbocycles. The van der Waals surface area contributed by atoms with E-state index in [0.717, 1.165) is 11.8 Å². The molecule has 110 valence electrons. The molecule has 0 radical (unpaired) electrons. The number of aldehydes is 1. The Morgan fingerprint density at radius 1 is 1.10 bits per heavy atom. The molecule has 1 heterocycles. The van der Waals surface area contributed by atoms with E-state index >= 15 is 0 Å². The third-order valence-electron chi connectivity index (χ3n) is 3.69. The van der Waals surface area contributed by atoms with Crippen molar-refractivity contribution in [2.24, 2.45) is 0 Å². The second-order valence-corrected chi connectivity index (χ2v) is 6.04. The molecule has 0 spiro atoms. The van der Waals surface area contributed by atoms with Crippen molar-refractivity contribution in [1.29, 1.82) is 0 Å². The second-order valence-electron chi connectivity index (χ2n) is 6.04. The molecular formula is C16H22O4. The molecule has 0 N–H and O–H groups in total. The molecule has 1 saturated heterocycles. The van der Waals surface area contributed by atoms with Gasteiger partial charge in [-0.3, -0.25) is 0 Å². The van der Waals surface area contributed by atoms with Crippen molar-refractivity contribution in [3.63, 3.8) is 0 Å². The van der Waals surface area contributed by atoms with E-state index in [2.05, 4.69) is 0 Å². The minimum Gasteiger partial charge on any atom is -0.374 e. The molecule has 2 unspecified atom stereocenters. The number of hydrogen-bond donors (Lipinski definition) is 0. The van der Waals surface area contributed by atoms with Crippen molar-refractivity contribution in [3.8, 4) is 0 Å². The highest BCUT2D eigenvalue weighted by Gasteiger charge is 2.58. The fourth-order valence-corrected chi connectivity index (χ4v) is 2.54. The Bertz CT molecular complexity index is 471. The van der Waals surface area contributed by atoms with Crippen LogP contribution in [-0.4, -0.2) is 29.9 Å². The van der Waals surface area contributed by atoms with Crippen molar-refractivity contribution in [3.05, 3.63) is 35.9 Å². The number of carbonyl (C=O) groups excluding carboxylic acids is 1. The number of hydrogen-bond acceptors (Lipinski definition) is 4. The van der Waals surface area contributed by atoms with Crippen LogP contribution in [0.5, 0.6) is 0 Å². The fraction of sp³-hybridized carbons (Fsp3) is 0.562. The van der Waals surface area contributed by atoms with Crippen LogP contribution in [0.4, 0.5) is 0 Å². The summed E-state index contributed by atoms with van der Waals surface area (Å²) in [4.78, 5) is 11.4. The lowest BCUT2D eigenvalue weighted by Gasteiger charge is -2.32. The zero-order valence-electron chi connectivity index (χ0n) is 12.5. The predicted octanol–water partition coefficient (Wildman–Crippen LogP) is 2.70. The van der Waals surface area contributed by atoms with E-state index < -0.39 is 17.0 Å². The molecule has 0 aromatic heterocycles. The molecule has 2 atom stereocenters. The summed E-state index contributed by atoms with van der Waals surface area (Å²) in [6.07, 6.45) is 0.799. The SMILES string of the molecule is CC1(C)OC(C)(C=O)C(C)(COCc2ccccc2)O1. The van der Waals surface area contributed by atoms with Gasteiger partial charge in [0.25, 0.3) is 0 Å². The zero-order chi connectivity index (χ0) is 14.9. The van der Waals surface area contributed by atoms with Gasteiger partial charge in [0.05, 0.1) is 13.2 Å². The van der Waals surface area contributed by atoms with Crippen molar-refractivity contribution in [1.82, 2.24) is 0 Å². The minimum atomic E-state index is -1.01. The Morgan fingerprint density at radius 3 is 2.35 bits per heavy atom. The highest BCUT2D eigenvalue weighted by Crippen LogP contribution is 2.43. The molecule has 0 bridgehead atoms. The third kappa shape index (κ3) is 2.92. The van der Waals surface area contributed by atoms with Gasteiger partial charge < -0.3 is 19.0 Å². The van der Waals surface area contributed by atoms with Crippen molar-refractivity contribution in [2.75, 3.05) is 6.61 Å². The smallest absolute Gasteiger partial charge is 0.165 e. The van der Waals surface area contributed by atoms with Gasteiger partial charge in [-0.25, -0.2) is 0 Å². The second kappa shape index (κ2) is 5.28. The van der Waals surface area contributed by atoms with Crippen LogP contribution in [0.2, 0.25) is 0 Å². The lowest BCUT2D eigenvalue weighted by molar-refractivity contribution is -0.173. The molecule has 4 heteroatoms. The first kappa shape index (κ1) is 15.2. The summed E-state index contributed by atoms with van der Waals surface area (Å²) in [5.74, 6) is -0.791. The number of carbonyl (C=O) groups is 1. The molecule has 20 heavy (non-hydrogen) atoms. The average Bonchev–Trinajstić information content (AvgIpc) is 2.57. The summed E-state index contributed by atoms with van der Waals surface area (Å²) in [6, 6.07) is 9.89. The quantitative estimate of drug-likeness (QED) is 0.777. The molecule has 4 nitrogen and oxygen atoms in total. The first-order valence-corrected chi connectivity index (χ1v) is 6.79. The van der Waals surface area contributed by atoms with Crippen LogP contribution < -0.4 is 0 Å². The van der Waals surface area contributed by atoms with E-state index in [9.17, 15) is 4.79 Å². The molecule has 1 fully saturated rings. The molecule has 1 aliphatic heterocycles. The van der Waals surface area contributed by atoms with E-state index in [0.29, 0.717) is 13.2 Å². The van der Waals surface area contributed by atoms with E-state index in [-0.39, 0.29) is 0 Å². The maximum Gasteiger partial charge on any atom is 0.165 e. The van der Waals surface area contributed by atoms with Crippen LogP contribution in [0.25, 0.3) is 0 Å². The lowest BCUT2D eigenvalue weighted by Crippen LogP contribution is -2.51. The first-order valence-electron chi connectivity index (χ1n) is 6.79. The highest BCUT2D eigenvalue weighted by atomic mass is 16.8. The van der Waals surface area contributed by atoms with E-state index in [1.165, 1.54) is 0 Å². The summed E-state index contributed by atoms with van der Waals surface area (Å²) < 4.78 is 17.4. The summed E-state index contributed by atoms with van der Waals surface area (Å²) in [7, 11) is 0. The standard InChI is InChI=1S/C16H22O4/c1-14(2)19-15(3,11-17)16(4,20-14)12-18-10-13-8-6-5-7-9-13/h5-9,11H,10,12H2,1-4H3. The monoisotopic (exact) mass is 278 g/mol. The fourth-order valence-electron chi connectivity index (χ4n) is 2.54. The summed E-state index contributed by atoms with van der Waals surface area (Å²) >= 11 is 0. The van der Waals surface area contributed by atoms with Crippen LogP contribution >= 0.6 is 0 Å². The molecule has 0 aliphatic carbocycles. The zero-order valence-corrected chi connectivity index (χ0v) is 12.5. The van der Waals surface area contributed by atoms with Gasteiger partial charge in [0.15, 0.2) is 17.7 Å². The Labute approximate surface area is 120 Å². The predicted molar refractivity (Wildman–Crippen MR) is 75.2 cm³/mol. The Kier molecular flexibility index (Phi) is 4.00. The van der Waals surface area contributed by atoms with Gasteiger partial charge in [0.1, 0.15) is 5.60 Å². The molecule has 0 saturated carbocycles.